The fourth-order valence-corrected chi connectivity index (χ4v) is 4.00. The van der Waals surface area contributed by atoms with E-state index in [9.17, 15) is 4.79 Å². The van der Waals surface area contributed by atoms with Crippen LogP contribution in [-0.4, -0.2) is 34.0 Å². The van der Waals surface area contributed by atoms with Gasteiger partial charge in [0.05, 0.1) is 17.3 Å². The predicted octanol–water partition coefficient (Wildman–Crippen LogP) is 2.74. The molecule has 2 fully saturated rings. The van der Waals surface area contributed by atoms with E-state index in [0.29, 0.717) is 11.7 Å². The maximum atomic E-state index is 12.9. The van der Waals surface area contributed by atoms with E-state index in [1.165, 1.54) is 5.56 Å². The zero-order valence-electron chi connectivity index (χ0n) is 15.1. The number of aromatic nitrogens is 3. The van der Waals surface area contributed by atoms with Gasteiger partial charge in [0.2, 0.25) is 0 Å². The molecule has 0 spiro atoms. The van der Waals surface area contributed by atoms with Gasteiger partial charge in [-0.2, -0.15) is 0 Å². The van der Waals surface area contributed by atoms with Crippen LogP contribution in [0.25, 0.3) is 0 Å². The van der Waals surface area contributed by atoms with Crippen molar-refractivity contribution in [3.8, 4) is 0 Å². The highest BCUT2D eigenvalue weighted by Gasteiger charge is 2.40. The summed E-state index contributed by atoms with van der Waals surface area (Å²) in [6, 6.07) is 10.6. The van der Waals surface area contributed by atoms with E-state index >= 15 is 0 Å². The molecular weight excluding hydrogens is 350 g/mol. The van der Waals surface area contributed by atoms with Crippen molar-refractivity contribution in [2.45, 2.75) is 50.6 Å². The summed E-state index contributed by atoms with van der Waals surface area (Å²) in [5.74, 6) is -0.110. The first-order valence-electron chi connectivity index (χ1n) is 9.20. The summed E-state index contributed by atoms with van der Waals surface area (Å²) < 4.78 is 1.94. The van der Waals surface area contributed by atoms with Crippen LogP contribution in [0.2, 0.25) is 0 Å². The van der Waals surface area contributed by atoms with Crippen molar-refractivity contribution >= 4 is 18.3 Å². The normalized spacial score (nSPS) is 19.3. The van der Waals surface area contributed by atoms with Gasteiger partial charge in [-0.05, 0) is 57.7 Å². The topological polar surface area (TPSA) is 71.8 Å². The van der Waals surface area contributed by atoms with Crippen molar-refractivity contribution in [3.63, 3.8) is 0 Å². The molecule has 0 unspecified atom stereocenters. The molecule has 0 bridgehead atoms. The molecule has 140 valence electrons. The summed E-state index contributed by atoms with van der Waals surface area (Å²) in [4.78, 5) is 12.9. The molecule has 6 nitrogen and oxygen atoms in total. The van der Waals surface area contributed by atoms with E-state index in [-0.39, 0.29) is 23.9 Å². The summed E-state index contributed by atoms with van der Waals surface area (Å²) in [6.45, 7) is 3.93. The maximum absolute atomic E-state index is 12.9. The summed E-state index contributed by atoms with van der Waals surface area (Å²) in [5.41, 5.74) is 2.26. The fraction of sp³-hybridized carbons (Fsp3) is 0.526. The smallest absolute Gasteiger partial charge is 0.274 e. The molecule has 0 atom stereocenters. The first kappa shape index (κ1) is 18.9. The molecule has 4 rings (SSSR count). The van der Waals surface area contributed by atoms with Crippen molar-refractivity contribution in [3.05, 3.63) is 47.3 Å². The molecule has 1 amide bonds. The number of nitrogens with one attached hydrogen (secondary N) is 2. The molecular formula is C19H26ClN5O. The van der Waals surface area contributed by atoms with E-state index in [2.05, 4.69) is 33.1 Å². The van der Waals surface area contributed by atoms with Crippen LogP contribution in [0.4, 0.5) is 0 Å². The van der Waals surface area contributed by atoms with Gasteiger partial charge in [-0.25, -0.2) is 4.68 Å². The van der Waals surface area contributed by atoms with Crippen LogP contribution in [-0.2, 0) is 5.54 Å². The van der Waals surface area contributed by atoms with Gasteiger partial charge in [0, 0.05) is 0 Å². The molecule has 26 heavy (non-hydrogen) atoms. The third-order valence-electron chi connectivity index (χ3n) is 5.68. The molecule has 1 saturated heterocycles. The number of carbonyl (C=O) groups excluding carboxylic acids is 1. The highest BCUT2D eigenvalue weighted by molar-refractivity contribution is 5.93. The monoisotopic (exact) mass is 375 g/mol. The van der Waals surface area contributed by atoms with E-state index < -0.39 is 0 Å². The number of hydrogen-bond donors (Lipinski definition) is 2. The minimum Gasteiger partial charge on any atom is -0.341 e. The van der Waals surface area contributed by atoms with Crippen LogP contribution >= 0.6 is 12.4 Å². The van der Waals surface area contributed by atoms with Crippen LogP contribution in [0.5, 0.6) is 0 Å². The molecule has 1 aliphatic heterocycles. The number of rotatable bonds is 4. The average molecular weight is 376 g/mol. The molecule has 0 radical (unpaired) electrons. The van der Waals surface area contributed by atoms with Gasteiger partial charge in [-0.1, -0.05) is 35.5 Å². The van der Waals surface area contributed by atoms with Gasteiger partial charge >= 0.3 is 0 Å². The Kier molecular flexibility index (Phi) is 5.63. The van der Waals surface area contributed by atoms with Crippen molar-refractivity contribution in [2.24, 2.45) is 0 Å². The Balaban J connectivity index is 0.00000196. The largest absolute Gasteiger partial charge is 0.341 e. The van der Waals surface area contributed by atoms with Gasteiger partial charge in [0.25, 0.3) is 5.91 Å². The first-order valence-corrected chi connectivity index (χ1v) is 9.20. The first-order chi connectivity index (χ1) is 12.2. The summed E-state index contributed by atoms with van der Waals surface area (Å²) in [5, 5.41) is 15.1. The number of benzene rings is 1. The Morgan fingerprint density at radius 2 is 1.92 bits per heavy atom. The van der Waals surface area contributed by atoms with Gasteiger partial charge in [0.15, 0.2) is 5.69 Å². The van der Waals surface area contributed by atoms with E-state index in [0.717, 1.165) is 50.9 Å². The van der Waals surface area contributed by atoms with Gasteiger partial charge in [-0.3, -0.25) is 4.79 Å². The molecule has 2 N–H and O–H groups in total. The Hall–Kier alpha value is -1.92. The quantitative estimate of drug-likeness (QED) is 0.861. The molecule has 1 saturated carbocycles. The standard InChI is InChI=1S/C19H25N5O.ClH/c1-14-17(22-23-24(14)16-8-12-20-13-9-16)18(25)21-19(10-5-11-19)15-6-3-2-4-7-15;/h2-4,6-7,16,20H,5,8-13H2,1H3,(H,21,25);1H. The maximum Gasteiger partial charge on any atom is 0.274 e. The van der Waals surface area contributed by atoms with Crippen LogP contribution in [0.3, 0.4) is 0 Å². The molecule has 1 aromatic heterocycles. The van der Waals surface area contributed by atoms with Crippen molar-refractivity contribution < 1.29 is 4.79 Å². The van der Waals surface area contributed by atoms with Crippen LogP contribution in [0.1, 0.15) is 59.9 Å². The lowest BCUT2D eigenvalue weighted by atomic mass is 9.71. The summed E-state index contributed by atoms with van der Waals surface area (Å²) in [7, 11) is 0. The van der Waals surface area contributed by atoms with E-state index in [1.54, 1.807) is 0 Å². The Morgan fingerprint density at radius 3 is 2.54 bits per heavy atom. The van der Waals surface area contributed by atoms with E-state index in [1.807, 2.05) is 29.8 Å². The Labute approximate surface area is 160 Å². The number of carbonyl (C=O) groups is 1. The second-order valence-corrected chi connectivity index (χ2v) is 7.21. The lowest BCUT2D eigenvalue weighted by Gasteiger charge is -2.43. The van der Waals surface area contributed by atoms with Gasteiger partial charge in [0.1, 0.15) is 0 Å². The van der Waals surface area contributed by atoms with Crippen molar-refractivity contribution in [1.29, 1.82) is 0 Å². The van der Waals surface area contributed by atoms with Crippen LogP contribution < -0.4 is 10.6 Å². The molecule has 2 heterocycles. The van der Waals surface area contributed by atoms with Crippen LogP contribution in [0, 0.1) is 6.92 Å². The minimum absolute atomic E-state index is 0. The summed E-state index contributed by atoms with van der Waals surface area (Å²) >= 11 is 0. The second kappa shape index (κ2) is 7.76. The summed E-state index contributed by atoms with van der Waals surface area (Å²) in [6.07, 6.45) is 5.14. The van der Waals surface area contributed by atoms with E-state index in [4.69, 9.17) is 0 Å². The number of nitrogens with zero attached hydrogens (tertiary/aromatic N) is 3. The number of amides is 1. The zero-order chi connectivity index (χ0) is 17.3. The third kappa shape index (κ3) is 3.35. The average Bonchev–Trinajstić information content (AvgIpc) is 3.01. The molecule has 2 aromatic rings. The fourth-order valence-electron chi connectivity index (χ4n) is 4.00. The number of piperidine rings is 1. The highest BCUT2D eigenvalue weighted by Crippen LogP contribution is 2.41. The number of hydrogen-bond acceptors (Lipinski definition) is 4. The second-order valence-electron chi connectivity index (χ2n) is 7.21. The number of halogens is 1. The van der Waals surface area contributed by atoms with Crippen molar-refractivity contribution in [1.82, 2.24) is 25.6 Å². The molecule has 1 aliphatic carbocycles. The highest BCUT2D eigenvalue weighted by atomic mass is 35.5. The van der Waals surface area contributed by atoms with Crippen LogP contribution in [0.15, 0.2) is 30.3 Å². The van der Waals surface area contributed by atoms with Gasteiger partial charge in [-0.15, -0.1) is 17.5 Å². The SMILES string of the molecule is Cc1c(C(=O)NC2(c3ccccc3)CCC2)nnn1C1CCNCC1.Cl. The molecule has 1 aromatic carbocycles. The zero-order valence-corrected chi connectivity index (χ0v) is 15.9. The van der Waals surface area contributed by atoms with Gasteiger partial charge < -0.3 is 10.6 Å². The predicted molar refractivity (Wildman–Crippen MR) is 103 cm³/mol. The lowest BCUT2D eigenvalue weighted by molar-refractivity contribution is 0.0817. The Morgan fingerprint density at radius 1 is 1.23 bits per heavy atom. The Bertz CT molecular complexity index is 751. The lowest BCUT2D eigenvalue weighted by Crippen LogP contribution is -2.51. The molecule has 7 heteroatoms. The minimum atomic E-state index is -0.247. The molecule has 2 aliphatic rings. The van der Waals surface area contributed by atoms with Crippen molar-refractivity contribution in [2.75, 3.05) is 13.1 Å². The third-order valence-corrected chi connectivity index (χ3v) is 5.68.